The highest BCUT2D eigenvalue weighted by Gasteiger charge is 2.05. The van der Waals surface area contributed by atoms with Crippen molar-refractivity contribution in [2.45, 2.75) is 20.4 Å². The van der Waals surface area contributed by atoms with Crippen LogP contribution in [-0.4, -0.2) is 14.9 Å². The molecule has 0 bridgehead atoms. The van der Waals surface area contributed by atoms with Gasteiger partial charge in [-0.2, -0.15) is 5.10 Å². The Kier molecular flexibility index (Phi) is 1.72. The molecule has 1 heterocycles. The van der Waals surface area contributed by atoms with Crippen molar-refractivity contribution in [2.24, 2.45) is 0 Å². The molecule has 68 valence electrons. The predicted octanol–water partition coefficient (Wildman–Crippen LogP) is 2.07. The van der Waals surface area contributed by atoms with Gasteiger partial charge in [-0.05, 0) is 32.0 Å². The zero-order chi connectivity index (χ0) is 9.42. The maximum absolute atomic E-state index is 9.30. The fourth-order valence-electron chi connectivity index (χ4n) is 1.55. The minimum Gasteiger partial charge on any atom is -0.508 e. The number of benzene rings is 1. The second-order valence-electron chi connectivity index (χ2n) is 3.10. The van der Waals surface area contributed by atoms with Crippen molar-refractivity contribution in [3.63, 3.8) is 0 Å². The van der Waals surface area contributed by atoms with E-state index in [0.29, 0.717) is 5.75 Å². The smallest absolute Gasteiger partial charge is 0.116 e. The van der Waals surface area contributed by atoms with Crippen molar-refractivity contribution in [1.82, 2.24) is 9.78 Å². The molecule has 0 aliphatic rings. The summed E-state index contributed by atoms with van der Waals surface area (Å²) in [5.74, 6) is 0.297. The lowest BCUT2D eigenvalue weighted by Gasteiger charge is -1.96. The Labute approximate surface area is 76.6 Å². The Bertz CT molecular complexity index is 445. The lowest BCUT2D eigenvalue weighted by Crippen LogP contribution is -1.97. The third-order valence-electron chi connectivity index (χ3n) is 2.29. The molecule has 0 aliphatic carbocycles. The second kappa shape index (κ2) is 2.76. The van der Waals surface area contributed by atoms with Crippen molar-refractivity contribution in [1.29, 1.82) is 0 Å². The van der Waals surface area contributed by atoms with Crippen molar-refractivity contribution < 1.29 is 5.11 Å². The van der Waals surface area contributed by atoms with Crippen LogP contribution >= 0.6 is 0 Å². The molecule has 0 saturated heterocycles. The summed E-state index contributed by atoms with van der Waals surface area (Å²) >= 11 is 0. The number of aryl methyl sites for hydroxylation is 2. The Morgan fingerprint density at radius 2 is 2.23 bits per heavy atom. The normalized spacial score (nSPS) is 10.9. The van der Waals surface area contributed by atoms with E-state index >= 15 is 0 Å². The molecular formula is C10H12N2O. The van der Waals surface area contributed by atoms with E-state index in [0.717, 1.165) is 23.1 Å². The number of phenolic OH excluding ortho intramolecular Hbond substituents is 1. The first kappa shape index (κ1) is 8.10. The van der Waals surface area contributed by atoms with Crippen molar-refractivity contribution in [3.05, 3.63) is 23.9 Å². The summed E-state index contributed by atoms with van der Waals surface area (Å²) in [6.45, 7) is 4.93. The number of rotatable bonds is 1. The van der Waals surface area contributed by atoms with Crippen LogP contribution in [0.25, 0.3) is 10.9 Å². The molecule has 0 amide bonds. The third-order valence-corrected chi connectivity index (χ3v) is 2.29. The number of aromatic nitrogens is 2. The summed E-state index contributed by atoms with van der Waals surface area (Å²) < 4.78 is 1.93. The minimum atomic E-state index is 0.297. The number of hydrogen-bond donors (Lipinski definition) is 1. The Morgan fingerprint density at radius 1 is 1.46 bits per heavy atom. The molecule has 13 heavy (non-hydrogen) atoms. The van der Waals surface area contributed by atoms with Gasteiger partial charge in [0.15, 0.2) is 0 Å². The summed E-state index contributed by atoms with van der Waals surface area (Å²) in [7, 11) is 0. The number of fused-ring (bicyclic) bond motifs is 1. The average molecular weight is 176 g/mol. The number of aromatic hydroxyl groups is 1. The van der Waals surface area contributed by atoms with Crippen molar-refractivity contribution in [3.8, 4) is 5.75 Å². The van der Waals surface area contributed by atoms with Crippen LogP contribution in [0, 0.1) is 6.92 Å². The van der Waals surface area contributed by atoms with Gasteiger partial charge in [0.05, 0.1) is 5.52 Å². The molecule has 0 fully saturated rings. The minimum absolute atomic E-state index is 0.297. The van der Waals surface area contributed by atoms with E-state index in [1.807, 2.05) is 17.7 Å². The van der Waals surface area contributed by atoms with Gasteiger partial charge in [0.2, 0.25) is 0 Å². The quantitative estimate of drug-likeness (QED) is 0.722. The van der Waals surface area contributed by atoms with Crippen LogP contribution < -0.4 is 0 Å². The van der Waals surface area contributed by atoms with E-state index in [1.165, 1.54) is 0 Å². The predicted molar refractivity (Wildman–Crippen MR) is 51.8 cm³/mol. The first-order chi connectivity index (χ1) is 6.22. The first-order valence-electron chi connectivity index (χ1n) is 4.38. The van der Waals surface area contributed by atoms with Crippen LogP contribution in [-0.2, 0) is 6.54 Å². The molecule has 0 atom stereocenters. The van der Waals surface area contributed by atoms with E-state index < -0.39 is 0 Å². The molecule has 0 aliphatic heterocycles. The molecule has 0 saturated carbocycles. The van der Waals surface area contributed by atoms with Gasteiger partial charge in [-0.15, -0.1) is 0 Å². The maximum atomic E-state index is 9.30. The number of hydrogen-bond acceptors (Lipinski definition) is 2. The zero-order valence-electron chi connectivity index (χ0n) is 7.78. The fourth-order valence-corrected chi connectivity index (χ4v) is 1.55. The van der Waals surface area contributed by atoms with Crippen LogP contribution in [0.5, 0.6) is 5.75 Å². The molecule has 2 aromatic rings. The molecular weight excluding hydrogens is 164 g/mol. The van der Waals surface area contributed by atoms with Crippen LogP contribution in [0.4, 0.5) is 0 Å². The summed E-state index contributed by atoms with van der Waals surface area (Å²) in [6, 6.07) is 5.25. The van der Waals surface area contributed by atoms with Crippen LogP contribution in [0.3, 0.4) is 0 Å². The molecule has 3 heteroatoms. The molecule has 0 unspecified atom stereocenters. The Balaban J connectivity index is 2.77. The van der Waals surface area contributed by atoms with E-state index in [9.17, 15) is 5.11 Å². The Hall–Kier alpha value is -1.51. The molecule has 1 N–H and O–H groups in total. The second-order valence-corrected chi connectivity index (χ2v) is 3.10. The average Bonchev–Trinajstić information content (AvgIpc) is 2.44. The Morgan fingerprint density at radius 3 is 2.92 bits per heavy atom. The van der Waals surface area contributed by atoms with Crippen molar-refractivity contribution in [2.75, 3.05) is 0 Å². The van der Waals surface area contributed by atoms with Crippen LogP contribution in [0.15, 0.2) is 18.2 Å². The van der Waals surface area contributed by atoms with Crippen LogP contribution in [0.2, 0.25) is 0 Å². The molecule has 1 aromatic carbocycles. The van der Waals surface area contributed by atoms with Gasteiger partial charge in [-0.1, -0.05) is 0 Å². The zero-order valence-corrected chi connectivity index (χ0v) is 7.78. The van der Waals surface area contributed by atoms with Gasteiger partial charge >= 0.3 is 0 Å². The highest BCUT2D eigenvalue weighted by Crippen LogP contribution is 2.22. The van der Waals surface area contributed by atoms with E-state index in [2.05, 4.69) is 12.0 Å². The van der Waals surface area contributed by atoms with Gasteiger partial charge in [-0.25, -0.2) is 0 Å². The molecule has 2 rings (SSSR count). The lowest BCUT2D eigenvalue weighted by molar-refractivity contribution is 0.476. The SMILES string of the molecule is CCn1nc2ccc(O)cc2c1C. The molecule has 1 aromatic heterocycles. The summed E-state index contributed by atoms with van der Waals surface area (Å²) in [5, 5.41) is 14.7. The van der Waals surface area contributed by atoms with Crippen molar-refractivity contribution >= 4 is 10.9 Å². The highest BCUT2D eigenvalue weighted by atomic mass is 16.3. The summed E-state index contributed by atoms with van der Waals surface area (Å²) in [4.78, 5) is 0. The topological polar surface area (TPSA) is 38.0 Å². The van der Waals surface area contributed by atoms with Gasteiger partial charge < -0.3 is 5.11 Å². The molecule has 3 nitrogen and oxygen atoms in total. The lowest BCUT2D eigenvalue weighted by atomic mass is 10.2. The maximum Gasteiger partial charge on any atom is 0.116 e. The summed E-state index contributed by atoms with van der Waals surface area (Å²) in [6.07, 6.45) is 0. The summed E-state index contributed by atoms with van der Waals surface area (Å²) in [5.41, 5.74) is 2.05. The third kappa shape index (κ3) is 1.16. The van der Waals surface area contributed by atoms with Gasteiger partial charge in [0.25, 0.3) is 0 Å². The fraction of sp³-hybridized carbons (Fsp3) is 0.300. The molecule has 0 spiro atoms. The van der Waals surface area contributed by atoms with Gasteiger partial charge in [-0.3, -0.25) is 4.68 Å². The van der Waals surface area contributed by atoms with E-state index in [-0.39, 0.29) is 0 Å². The van der Waals surface area contributed by atoms with E-state index in [4.69, 9.17) is 0 Å². The largest absolute Gasteiger partial charge is 0.508 e. The molecule has 0 radical (unpaired) electrons. The van der Waals surface area contributed by atoms with Gasteiger partial charge in [0, 0.05) is 17.6 Å². The van der Waals surface area contributed by atoms with E-state index in [1.54, 1.807) is 12.1 Å². The van der Waals surface area contributed by atoms with Crippen LogP contribution in [0.1, 0.15) is 12.6 Å². The highest BCUT2D eigenvalue weighted by molar-refractivity contribution is 5.82. The first-order valence-corrected chi connectivity index (χ1v) is 4.38. The number of phenols is 1. The van der Waals surface area contributed by atoms with Gasteiger partial charge in [0.1, 0.15) is 5.75 Å². The monoisotopic (exact) mass is 176 g/mol. The number of nitrogens with zero attached hydrogens (tertiary/aromatic N) is 2. The standard InChI is InChI=1S/C10H12N2O/c1-3-12-7(2)9-6-8(13)4-5-10(9)11-12/h4-6,13H,3H2,1-2H3.